The maximum Gasteiger partial charge on any atom is 0.416 e. The van der Waals surface area contributed by atoms with E-state index in [0.717, 1.165) is 73.6 Å². The molecule has 752 valence electrons. The number of ketones is 5. The Morgan fingerprint density at radius 1 is 0.392 bits per heavy atom. The zero-order valence-electron chi connectivity index (χ0n) is 79.5. The molecule has 5 fully saturated rings. The molecule has 5 aliphatic rings. The molecule has 143 heavy (non-hydrogen) atoms. The minimum atomic E-state index is -4.54. The zero-order valence-corrected chi connectivity index (χ0v) is 85.6. The average Bonchev–Trinajstić information content (AvgIpc) is 1.62. The highest BCUT2D eigenvalue weighted by molar-refractivity contribution is 6.46. The molecule has 0 spiro atoms. The van der Waals surface area contributed by atoms with Crippen molar-refractivity contribution in [2.24, 2.45) is 40.0 Å². The van der Waals surface area contributed by atoms with Crippen LogP contribution in [0.15, 0.2) is 121 Å². The van der Waals surface area contributed by atoms with Crippen LogP contribution in [0.25, 0.3) is 43.6 Å². The molecular weight excluding hydrogens is 2030 g/mol. The molecule has 0 bridgehead atoms. The number of benzene rings is 8. The molecule has 4 aromatic heterocycles. The summed E-state index contributed by atoms with van der Waals surface area (Å²) in [6.07, 6.45) is -1.84. The number of aromatic nitrogens is 4. The number of alkyl halides is 8. The van der Waals surface area contributed by atoms with Gasteiger partial charge in [-0.25, -0.2) is 8.78 Å². The fourth-order valence-corrected chi connectivity index (χ4v) is 21.6. The molecule has 8 heterocycles. The smallest absolute Gasteiger partial charge is 0.416 e. The first-order chi connectivity index (χ1) is 67.4. The van der Waals surface area contributed by atoms with Gasteiger partial charge < -0.3 is 52.1 Å². The second-order valence-corrected chi connectivity index (χ2v) is 39.8. The van der Waals surface area contributed by atoms with Gasteiger partial charge >= 0.3 is 18.3 Å². The number of piperazine rings is 1. The van der Waals surface area contributed by atoms with Crippen molar-refractivity contribution < 1.29 is 92.5 Å². The molecular formula is C105H98Cl8F8N10O12. The van der Waals surface area contributed by atoms with Crippen molar-refractivity contribution in [1.82, 2.24) is 42.8 Å². The Morgan fingerprint density at radius 3 is 0.979 bits per heavy atom. The summed E-state index contributed by atoms with van der Waals surface area (Å²) in [5.74, 6) is -6.04. The van der Waals surface area contributed by atoms with Gasteiger partial charge in [-0.2, -0.15) is 31.6 Å². The molecule has 17 rings (SSSR count). The van der Waals surface area contributed by atoms with Gasteiger partial charge in [-0.15, -0.1) is 0 Å². The molecule has 0 unspecified atom stereocenters. The maximum absolute atomic E-state index is 13.9. The normalized spacial score (nSPS) is 15.3. The molecule has 0 atom stereocenters. The monoisotopic (exact) mass is 2120 g/mol. The number of nitrogens with zero attached hydrogens (tertiary/aromatic N) is 10. The Kier molecular flexibility index (Phi) is 32.8. The minimum Gasteiger partial charge on any atom is -0.469 e. The molecule has 22 nitrogen and oxygen atoms in total. The Bertz CT molecular complexity index is 7220. The number of fused-ring (bicyclic) bond motifs is 4. The Hall–Kier alpha value is -11.2. The quantitative estimate of drug-likeness (QED) is 0.0440. The number of piperidine rings is 2. The summed E-state index contributed by atoms with van der Waals surface area (Å²) in [4.78, 5) is 139. The van der Waals surface area contributed by atoms with Crippen molar-refractivity contribution in [3.63, 3.8) is 0 Å². The second kappa shape index (κ2) is 43.6. The standard InChI is InChI=1S/C27H26Cl2F3N3O2.C27H25Cl2F3N2O4.C27H25Cl2N3O3.C24H22Cl2F2N2O3/c1-15-12-16(27(30,31)32)13-21-19(15)14-22(33(21)2)25(36)23-20(28)7-6-18(24(23)29)26(37)35-10-8-34(9-11-35)17-4-3-5-17;1-14-10-16(27(30,31)32)12-20-18(14)13-21(33(20)2)25(36)23-19(28)5-4-17(24(23)29)26(37)34-8-6-15(7-9-34)11-22(35)38-3;1-15-10-18(14-30)12-22-20(15)13-23(31(22)3)26(34)24-21(28)5-4-19(25(24)29)27(35)32-8-6-17(7-9-32)11-16(2)33;1-13-10-14(24(2,27)28)11-18-16(13)12-19(29(18)3)22(31)20-17(25)5-4-15(21(20)26)23(32)30-6-8-33-9-7-30/h6-7,12-14,17H,3-5,8-11H2,1-2H3;4-5,10,12-13,15H,6-9,11H2,1-3H3;4-5,10,12-13,17H,6-9,11H2,1-3H3;4-5,10-12H,6-9H2,1-3H3. The Labute approximate surface area is 858 Å². The van der Waals surface area contributed by atoms with E-state index in [4.69, 9.17) is 102 Å². The van der Waals surface area contributed by atoms with Gasteiger partial charge in [-0.3, -0.25) is 48.1 Å². The number of Topliss-reactive ketones (excluding diaryl/α,β-unsaturated/α-hetero) is 1. The first-order valence-electron chi connectivity index (χ1n) is 45.9. The van der Waals surface area contributed by atoms with E-state index in [1.165, 1.54) is 116 Å². The molecule has 0 radical (unpaired) electrons. The number of rotatable bonds is 18. The lowest BCUT2D eigenvalue weighted by molar-refractivity contribution is -0.142. The summed E-state index contributed by atoms with van der Waals surface area (Å²) in [5, 5.41) is 12.0. The SMILES string of the molecule is CC(=O)CC1CCN(C(=O)c2ccc(Cl)c(C(=O)c3cc4c(C)cc(C#N)cc4n3C)c2Cl)CC1.COC(=O)CC1CCN(C(=O)c2ccc(Cl)c(C(=O)c3cc4c(C)cc(C(F)(F)F)cc4n3C)c2Cl)CC1.Cc1cc(C(C)(F)F)cc2c1cc(C(=O)c1c(Cl)ccc(C(=O)N3CCOCC3)c1Cl)n2C.Cc1cc(C(F)(F)F)cc2c1cc(C(=O)c1c(Cl)ccc(C(=O)N3CCN(C4CCC4)CC3)c1Cl)n2C. The lowest BCUT2D eigenvalue weighted by Gasteiger charge is -2.43. The number of aryl methyl sites for hydroxylation is 8. The summed E-state index contributed by atoms with van der Waals surface area (Å²) in [5.41, 5.74) is 4.15. The molecule has 1 aliphatic carbocycles. The van der Waals surface area contributed by atoms with Crippen molar-refractivity contribution in [3.05, 3.63) is 273 Å². The van der Waals surface area contributed by atoms with Crippen LogP contribution in [0.5, 0.6) is 0 Å². The maximum atomic E-state index is 13.9. The van der Waals surface area contributed by atoms with E-state index in [0.29, 0.717) is 140 Å². The van der Waals surface area contributed by atoms with Gasteiger partial charge in [-0.1, -0.05) is 99.2 Å². The molecule has 4 amide bonds. The number of amides is 4. The van der Waals surface area contributed by atoms with E-state index in [9.17, 15) is 88.3 Å². The lowest BCUT2D eigenvalue weighted by Crippen LogP contribution is -2.53. The van der Waals surface area contributed by atoms with Crippen molar-refractivity contribution in [3.8, 4) is 6.07 Å². The topological polar surface area (TPSA) is 249 Å². The molecule has 38 heteroatoms. The van der Waals surface area contributed by atoms with E-state index in [-0.39, 0.29) is 172 Å². The molecule has 4 aliphatic heterocycles. The highest BCUT2D eigenvalue weighted by Crippen LogP contribution is 2.44. The Balaban J connectivity index is 0.000000151. The number of morpholine rings is 1. The van der Waals surface area contributed by atoms with Crippen LogP contribution < -0.4 is 0 Å². The summed E-state index contributed by atoms with van der Waals surface area (Å²) in [7, 11) is 7.72. The molecule has 4 saturated heterocycles. The van der Waals surface area contributed by atoms with Gasteiger partial charge in [0.15, 0.2) is 0 Å². The number of halogens is 16. The fraction of sp³-hybridized carbons (Fsp3) is 0.362. The number of likely N-dealkylation sites (tertiary alicyclic amines) is 2. The summed E-state index contributed by atoms with van der Waals surface area (Å²) in [6, 6.07) is 31.5. The van der Waals surface area contributed by atoms with Crippen LogP contribution in [0.4, 0.5) is 35.1 Å². The van der Waals surface area contributed by atoms with E-state index >= 15 is 0 Å². The van der Waals surface area contributed by atoms with Gasteiger partial charge in [0.05, 0.1) is 151 Å². The van der Waals surface area contributed by atoms with Crippen LogP contribution in [0, 0.1) is 50.9 Å². The van der Waals surface area contributed by atoms with Crippen LogP contribution in [0.3, 0.4) is 0 Å². The van der Waals surface area contributed by atoms with E-state index in [1.807, 2.05) is 6.92 Å². The number of nitriles is 1. The van der Waals surface area contributed by atoms with Crippen molar-refractivity contribution in [1.29, 1.82) is 5.26 Å². The third-order valence-electron chi connectivity index (χ3n) is 27.4. The first kappa shape index (κ1) is 108. The van der Waals surface area contributed by atoms with Gasteiger partial charge in [-0.05, 0) is 229 Å². The predicted molar refractivity (Wildman–Crippen MR) is 536 cm³/mol. The Morgan fingerprint density at radius 2 is 0.685 bits per heavy atom. The lowest BCUT2D eigenvalue weighted by atomic mass is 9.91. The van der Waals surface area contributed by atoms with Gasteiger partial charge in [0.25, 0.3) is 29.6 Å². The highest BCUT2D eigenvalue weighted by atomic mass is 35.5. The largest absolute Gasteiger partial charge is 0.469 e. The van der Waals surface area contributed by atoms with Crippen LogP contribution in [-0.4, -0.2) is 193 Å². The number of hydrogen-bond acceptors (Lipinski definition) is 14. The molecule has 12 aromatic rings. The number of methoxy groups -OCH3 is 1. The fourth-order valence-electron chi connectivity index (χ4n) is 19.1. The molecule has 1 saturated carbocycles. The average molecular weight is 2130 g/mol. The first-order valence-corrected chi connectivity index (χ1v) is 48.9. The number of hydrogen-bond donors (Lipinski definition) is 0. The summed E-state index contributed by atoms with van der Waals surface area (Å²) >= 11 is 51.9. The van der Waals surface area contributed by atoms with Crippen molar-refractivity contribution in [2.75, 3.05) is 85.8 Å². The number of carbonyl (C=O) groups excluding carboxylic acids is 10. The van der Waals surface area contributed by atoms with Crippen LogP contribution >= 0.6 is 92.8 Å². The van der Waals surface area contributed by atoms with Gasteiger partial charge in [0.2, 0.25) is 23.1 Å². The van der Waals surface area contributed by atoms with Crippen molar-refractivity contribution >= 4 is 195 Å². The van der Waals surface area contributed by atoms with Gasteiger partial charge in [0, 0.05) is 169 Å². The highest BCUT2D eigenvalue weighted by Gasteiger charge is 2.40. The zero-order chi connectivity index (χ0) is 104. The molecule has 0 N–H and O–H groups in total. The predicted octanol–water partition coefficient (Wildman–Crippen LogP) is 24.1. The van der Waals surface area contributed by atoms with E-state index < -0.39 is 52.5 Å². The second-order valence-electron chi connectivity index (χ2n) is 36.7. The van der Waals surface area contributed by atoms with Crippen molar-refractivity contribution in [2.45, 2.75) is 124 Å². The number of esters is 1. The minimum absolute atomic E-state index is 0.00190. The summed E-state index contributed by atoms with van der Waals surface area (Å²) in [6.45, 7) is 15.4. The van der Waals surface area contributed by atoms with Gasteiger partial charge in [0.1, 0.15) is 5.78 Å². The van der Waals surface area contributed by atoms with Crippen LogP contribution in [0.2, 0.25) is 40.2 Å². The third-order valence-corrected chi connectivity index (χ3v) is 30.3. The number of carbonyl (C=O) groups is 10. The third kappa shape index (κ3) is 22.5. The van der Waals surface area contributed by atoms with Crippen LogP contribution in [-0.2, 0) is 65.5 Å². The summed E-state index contributed by atoms with van der Waals surface area (Å²) < 4.78 is 124. The van der Waals surface area contributed by atoms with E-state index in [2.05, 4.69) is 11.0 Å². The molecule has 8 aromatic carbocycles. The van der Waals surface area contributed by atoms with Crippen LogP contribution in [0.1, 0.15) is 222 Å². The van der Waals surface area contributed by atoms with E-state index in [1.54, 1.807) is 101 Å². The number of ether oxygens (including phenoxy) is 2.